The van der Waals surface area contributed by atoms with Gasteiger partial charge in [0.2, 0.25) is 5.91 Å². The summed E-state index contributed by atoms with van der Waals surface area (Å²) in [5.74, 6) is -0.597. The Morgan fingerprint density at radius 1 is 1.30 bits per heavy atom. The van der Waals surface area contributed by atoms with Gasteiger partial charge in [0.05, 0.1) is 21.1 Å². The van der Waals surface area contributed by atoms with E-state index in [-0.39, 0.29) is 12.5 Å². The Morgan fingerprint density at radius 3 is 2.30 bits per heavy atom. The molecule has 1 amide bonds. The van der Waals surface area contributed by atoms with Crippen molar-refractivity contribution in [3.05, 3.63) is 34.1 Å². The topological polar surface area (TPSA) is 101 Å². The summed E-state index contributed by atoms with van der Waals surface area (Å²) < 4.78 is 11.1. The number of carboxylic acid groups (broad SMARTS) is 1. The molecule has 0 bridgehead atoms. The van der Waals surface area contributed by atoms with Crippen LogP contribution in [0.15, 0.2) is 34.1 Å². The van der Waals surface area contributed by atoms with Gasteiger partial charge in [0.25, 0.3) is 0 Å². The maximum absolute atomic E-state index is 11.0. The van der Waals surface area contributed by atoms with Crippen LogP contribution >= 0.6 is 23.4 Å². The Kier molecular flexibility index (Phi) is 35.5. The van der Waals surface area contributed by atoms with Crippen molar-refractivity contribution in [2.75, 3.05) is 18.8 Å². The number of halogens is 1. The van der Waals surface area contributed by atoms with Crippen molar-refractivity contribution in [1.29, 1.82) is 0 Å². The molecule has 3 N–H and O–H groups in total. The number of hydrogen-bond donors (Lipinski definition) is 2. The molecule has 1 rings (SSSR count). The van der Waals surface area contributed by atoms with Gasteiger partial charge >= 0.3 is 5.97 Å². The first kappa shape index (κ1) is 35.9. The van der Waals surface area contributed by atoms with Crippen LogP contribution in [0.1, 0.15) is 53.9 Å². The van der Waals surface area contributed by atoms with Gasteiger partial charge in [-0.1, -0.05) is 69.3 Å². The predicted octanol–water partition coefficient (Wildman–Crippen LogP) is 4.90. The molecule has 0 aliphatic carbocycles. The van der Waals surface area contributed by atoms with E-state index in [1.807, 2.05) is 46.8 Å². The number of piperidine rings is 1. The van der Waals surface area contributed by atoms with Crippen molar-refractivity contribution in [3.8, 4) is 12.8 Å². The smallest absolute Gasteiger partial charge is 0.323 e. The zero-order valence-electron chi connectivity index (χ0n) is 18.7. The third-order valence-electron chi connectivity index (χ3n) is 2.70. The number of thioether (sulfide) groups is 1. The number of aliphatic carboxylic acids is 1. The van der Waals surface area contributed by atoms with E-state index in [0.717, 1.165) is 12.8 Å². The molecule has 1 atom stereocenters. The third kappa shape index (κ3) is 28.7. The summed E-state index contributed by atoms with van der Waals surface area (Å²) in [7, 11) is -1.26. The molecule has 0 radical (unpaired) electrons. The zero-order valence-corrected chi connectivity index (χ0v) is 21.1. The zero-order chi connectivity index (χ0) is 24.4. The highest BCUT2D eigenvalue weighted by molar-refractivity contribution is 8.07. The number of terminal acetylenes is 1. The van der Waals surface area contributed by atoms with Crippen molar-refractivity contribution in [2.45, 2.75) is 53.9 Å². The lowest BCUT2D eigenvalue weighted by Gasteiger charge is -2.24. The largest absolute Gasteiger partial charge is 0.480 e. The maximum atomic E-state index is 11.0. The van der Waals surface area contributed by atoms with E-state index in [4.69, 9.17) is 21.8 Å². The van der Waals surface area contributed by atoms with Gasteiger partial charge in [0.15, 0.2) is 0 Å². The fourth-order valence-electron chi connectivity index (χ4n) is 1.65. The minimum atomic E-state index is -1.26. The average Bonchev–Trinajstić information content (AvgIpc) is 2.76. The first-order valence-corrected chi connectivity index (χ1v) is 12.3. The SMILES string of the molecule is C#C.C/C=C/C=C(/Cl)S/C=C/CS(N)=O.CC.CC.O=C(O)CN1CCCCC1=O. The number of allylic oxidation sites excluding steroid dienone is 3. The summed E-state index contributed by atoms with van der Waals surface area (Å²) in [5, 5.41) is 15.2. The van der Waals surface area contributed by atoms with Gasteiger partial charge in [0.1, 0.15) is 6.54 Å². The molecule has 1 fully saturated rings. The Labute approximate surface area is 194 Å². The highest BCUT2D eigenvalue weighted by atomic mass is 35.5. The van der Waals surface area contributed by atoms with Crippen LogP contribution in [-0.4, -0.2) is 44.9 Å². The second-order valence-electron chi connectivity index (χ2n) is 4.70. The van der Waals surface area contributed by atoms with E-state index in [9.17, 15) is 13.8 Å². The second-order valence-corrected chi connectivity index (χ2v) is 7.37. The van der Waals surface area contributed by atoms with Crippen molar-refractivity contribution < 1.29 is 18.9 Å². The Bertz CT molecular complexity index is 562. The summed E-state index contributed by atoms with van der Waals surface area (Å²) in [4.78, 5) is 22.6. The highest BCUT2D eigenvalue weighted by Crippen LogP contribution is 2.20. The Morgan fingerprint density at radius 2 is 1.87 bits per heavy atom. The number of hydrogen-bond acceptors (Lipinski definition) is 4. The molecule has 1 aliphatic rings. The summed E-state index contributed by atoms with van der Waals surface area (Å²) in [6.07, 6.45) is 17.6. The van der Waals surface area contributed by atoms with Crippen LogP contribution in [0.25, 0.3) is 0 Å². The summed E-state index contributed by atoms with van der Waals surface area (Å²) in [6, 6.07) is 0. The van der Waals surface area contributed by atoms with Crippen LogP contribution < -0.4 is 5.14 Å². The van der Waals surface area contributed by atoms with Gasteiger partial charge in [-0.05, 0) is 31.2 Å². The highest BCUT2D eigenvalue weighted by Gasteiger charge is 2.19. The molecule has 0 aromatic carbocycles. The number of carbonyl (C=O) groups is 2. The van der Waals surface area contributed by atoms with E-state index >= 15 is 0 Å². The lowest BCUT2D eigenvalue weighted by molar-refractivity contribution is -0.145. The normalized spacial score (nSPS) is 14.1. The molecule has 1 aliphatic heterocycles. The minimum absolute atomic E-state index is 0.0290. The summed E-state index contributed by atoms with van der Waals surface area (Å²) in [5.41, 5.74) is 0. The summed E-state index contributed by atoms with van der Waals surface area (Å²) >= 11 is 7.15. The van der Waals surface area contributed by atoms with Crippen LogP contribution in [0, 0.1) is 12.8 Å². The quantitative estimate of drug-likeness (QED) is 0.398. The van der Waals surface area contributed by atoms with Crippen LogP contribution in [-0.2, 0) is 20.6 Å². The Hall–Kier alpha value is -1.53. The van der Waals surface area contributed by atoms with E-state index < -0.39 is 17.0 Å². The van der Waals surface area contributed by atoms with Crippen molar-refractivity contribution in [2.24, 2.45) is 5.14 Å². The van der Waals surface area contributed by atoms with Gasteiger partial charge in [-0.2, -0.15) is 0 Å². The molecule has 9 heteroatoms. The van der Waals surface area contributed by atoms with E-state index in [1.54, 1.807) is 17.6 Å². The predicted molar refractivity (Wildman–Crippen MR) is 133 cm³/mol. The molecule has 1 unspecified atom stereocenters. The molecule has 6 nitrogen and oxygen atoms in total. The molecule has 1 saturated heterocycles. The van der Waals surface area contributed by atoms with Gasteiger partial charge in [-0.3, -0.25) is 14.7 Å². The van der Waals surface area contributed by atoms with Gasteiger partial charge < -0.3 is 10.0 Å². The van der Waals surface area contributed by atoms with Crippen LogP contribution in [0.3, 0.4) is 0 Å². The Balaban J connectivity index is -0.000000181. The van der Waals surface area contributed by atoms with Crippen molar-refractivity contribution >= 4 is 46.2 Å². The van der Waals surface area contributed by atoms with Crippen LogP contribution in [0.4, 0.5) is 0 Å². The first-order chi connectivity index (χ1) is 14.4. The lowest BCUT2D eigenvalue weighted by Crippen LogP contribution is -2.38. The molecule has 1 heterocycles. The molecule has 0 saturated carbocycles. The van der Waals surface area contributed by atoms with Crippen LogP contribution in [0.5, 0.6) is 0 Å². The molecular weight excluding hydrogens is 444 g/mol. The first-order valence-electron chi connectivity index (χ1n) is 9.62. The average molecular weight is 481 g/mol. The number of carbonyl (C=O) groups excluding carboxylic acids is 1. The van der Waals surface area contributed by atoms with Crippen molar-refractivity contribution in [3.63, 3.8) is 0 Å². The standard InChI is InChI=1S/C8H12ClNOS2.C7H11NO3.2C2H6.C2H2/c1-2-3-5-8(9)12-6-4-7-13(10)11;9-6-3-1-2-4-8(6)5-7(10)11;3*1-2/h2-6H,7,10H2,1H3;1-5H2,(H,10,11);2*1-2H3;1-2H/b3-2+,6-4+,8-5-;;;;. The van der Waals surface area contributed by atoms with Gasteiger partial charge in [0, 0.05) is 13.0 Å². The summed E-state index contributed by atoms with van der Waals surface area (Å²) in [6.45, 7) is 10.4. The van der Waals surface area contributed by atoms with Gasteiger partial charge in [-0.15, -0.1) is 12.8 Å². The number of amides is 1. The molecule has 30 heavy (non-hydrogen) atoms. The number of nitrogens with two attached hydrogens (primary N) is 1. The second kappa shape index (κ2) is 29.7. The van der Waals surface area contributed by atoms with Crippen molar-refractivity contribution in [1.82, 2.24) is 4.90 Å². The monoisotopic (exact) mass is 480 g/mol. The number of rotatable bonds is 7. The van der Waals surface area contributed by atoms with E-state index in [0.29, 0.717) is 23.1 Å². The minimum Gasteiger partial charge on any atom is -0.480 e. The molecular formula is C21H37ClN2O4S2. The fraction of sp³-hybridized carbons (Fsp3) is 0.524. The van der Waals surface area contributed by atoms with E-state index in [1.165, 1.54) is 16.7 Å². The fourth-order valence-corrected chi connectivity index (χ4v) is 2.76. The molecule has 174 valence electrons. The molecule has 0 spiro atoms. The number of carboxylic acids is 1. The number of likely N-dealkylation sites (tertiary alicyclic amines) is 1. The molecule has 0 aromatic rings. The maximum Gasteiger partial charge on any atom is 0.323 e. The number of nitrogens with zero attached hydrogens (tertiary/aromatic N) is 1. The van der Waals surface area contributed by atoms with Crippen LogP contribution in [0.2, 0.25) is 0 Å². The molecule has 0 aromatic heterocycles. The van der Waals surface area contributed by atoms with Gasteiger partial charge in [-0.25, -0.2) is 4.21 Å². The lowest BCUT2D eigenvalue weighted by atomic mass is 10.1. The third-order valence-corrected chi connectivity index (χ3v) is 4.31. The van der Waals surface area contributed by atoms with E-state index in [2.05, 4.69) is 12.8 Å².